The van der Waals surface area contributed by atoms with Crippen molar-refractivity contribution in [2.45, 2.75) is 39.3 Å². The topological polar surface area (TPSA) is 48.4 Å². The van der Waals surface area contributed by atoms with Crippen molar-refractivity contribution in [2.24, 2.45) is 0 Å². The van der Waals surface area contributed by atoms with Crippen molar-refractivity contribution in [2.75, 3.05) is 25.0 Å². The summed E-state index contributed by atoms with van der Waals surface area (Å²) in [6.07, 6.45) is 1.87. The number of aliphatic hydroxyl groups is 1. The number of nitrogens with one attached hydrogen (secondary N) is 1. The third-order valence-corrected chi connectivity index (χ3v) is 2.97. The van der Waals surface area contributed by atoms with Gasteiger partial charge in [0.25, 0.3) is 0 Å². The highest BCUT2D eigenvalue weighted by atomic mass is 16.3. The molecule has 4 heteroatoms. The van der Waals surface area contributed by atoms with Crippen LogP contribution in [-0.4, -0.2) is 35.8 Å². The second kappa shape index (κ2) is 6.16. The molecular weight excluding hydrogens is 226 g/mol. The van der Waals surface area contributed by atoms with Crippen LogP contribution in [0.2, 0.25) is 0 Å². The van der Waals surface area contributed by atoms with Gasteiger partial charge in [0.15, 0.2) is 0 Å². The molecule has 0 bridgehead atoms. The zero-order valence-corrected chi connectivity index (χ0v) is 12.1. The maximum absolute atomic E-state index is 9.89. The molecule has 1 aromatic heterocycles. The summed E-state index contributed by atoms with van der Waals surface area (Å²) in [5.41, 5.74) is 1.37. The lowest BCUT2D eigenvalue weighted by molar-refractivity contribution is 0.0876. The maximum Gasteiger partial charge on any atom is 0.0765 e. The SMILES string of the molecule is CCN(CC(C)(C)O)c1ccc(C(C)NC)nc1. The van der Waals surface area contributed by atoms with Crippen molar-refractivity contribution in [3.63, 3.8) is 0 Å². The fourth-order valence-electron chi connectivity index (χ4n) is 1.84. The molecule has 0 saturated heterocycles. The van der Waals surface area contributed by atoms with E-state index in [0.717, 1.165) is 17.9 Å². The van der Waals surface area contributed by atoms with E-state index in [1.165, 1.54) is 0 Å². The van der Waals surface area contributed by atoms with Crippen LogP contribution in [0.1, 0.15) is 39.4 Å². The molecule has 0 fully saturated rings. The standard InChI is InChI=1S/C14H25N3O/c1-6-17(10-14(3,4)18)12-7-8-13(16-9-12)11(2)15-5/h7-9,11,15,18H,6,10H2,1-5H3. The molecule has 1 heterocycles. The Balaban J connectivity index is 2.82. The summed E-state index contributed by atoms with van der Waals surface area (Å²) >= 11 is 0. The monoisotopic (exact) mass is 251 g/mol. The molecular formula is C14H25N3O. The number of likely N-dealkylation sites (N-methyl/N-ethyl adjacent to an activating group) is 1. The van der Waals surface area contributed by atoms with Crippen molar-refractivity contribution in [3.8, 4) is 0 Å². The lowest BCUT2D eigenvalue weighted by Gasteiger charge is -2.29. The quantitative estimate of drug-likeness (QED) is 0.811. The highest BCUT2D eigenvalue weighted by molar-refractivity contribution is 5.45. The number of hydrogen-bond donors (Lipinski definition) is 2. The molecule has 1 atom stereocenters. The lowest BCUT2D eigenvalue weighted by Crippen LogP contribution is -2.38. The number of pyridine rings is 1. The average Bonchev–Trinajstić information content (AvgIpc) is 2.34. The first-order valence-corrected chi connectivity index (χ1v) is 6.48. The van der Waals surface area contributed by atoms with E-state index in [4.69, 9.17) is 0 Å². The van der Waals surface area contributed by atoms with Crippen LogP contribution in [0.3, 0.4) is 0 Å². The van der Waals surface area contributed by atoms with E-state index in [9.17, 15) is 5.11 Å². The summed E-state index contributed by atoms with van der Waals surface area (Å²) in [7, 11) is 1.92. The Hall–Kier alpha value is -1.13. The van der Waals surface area contributed by atoms with E-state index in [-0.39, 0.29) is 6.04 Å². The summed E-state index contributed by atoms with van der Waals surface area (Å²) in [5.74, 6) is 0. The molecule has 1 aromatic rings. The van der Waals surface area contributed by atoms with Gasteiger partial charge in [-0.1, -0.05) is 0 Å². The predicted octanol–water partition coefficient (Wildman–Crippen LogP) is 1.96. The van der Waals surface area contributed by atoms with Crippen molar-refractivity contribution in [1.82, 2.24) is 10.3 Å². The molecule has 0 aromatic carbocycles. The van der Waals surface area contributed by atoms with Crippen LogP contribution < -0.4 is 10.2 Å². The van der Waals surface area contributed by atoms with E-state index in [0.29, 0.717) is 6.54 Å². The predicted molar refractivity (Wildman–Crippen MR) is 75.9 cm³/mol. The first-order valence-electron chi connectivity index (χ1n) is 6.48. The normalized spacial score (nSPS) is 13.4. The molecule has 0 spiro atoms. The van der Waals surface area contributed by atoms with Crippen molar-refractivity contribution >= 4 is 5.69 Å². The van der Waals surface area contributed by atoms with E-state index >= 15 is 0 Å². The highest BCUT2D eigenvalue weighted by Gasteiger charge is 2.18. The summed E-state index contributed by atoms with van der Waals surface area (Å²) in [6, 6.07) is 4.35. The Kier molecular flexibility index (Phi) is 5.11. The number of rotatable bonds is 6. The summed E-state index contributed by atoms with van der Waals surface area (Å²) < 4.78 is 0. The molecule has 1 unspecified atom stereocenters. The maximum atomic E-state index is 9.89. The smallest absolute Gasteiger partial charge is 0.0765 e. The van der Waals surface area contributed by atoms with Crippen LogP contribution in [0.15, 0.2) is 18.3 Å². The van der Waals surface area contributed by atoms with Crippen LogP contribution in [-0.2, 0) is 0 Å². The molecule has 0 amide bonds. The molecule has 18 heavy (non-hydrogen) atoms. The van der Waals surface area contributed by atoms with Crippen LogP contribution in [0.25, 0.3) is 0 Å². The third-order valence-electron chi connectivity index (χ3n) is 2.97. The third kappa shape index (κ3) is 4.27. The van der Waals surface area contributed by atoms with Crippen molar-refractivity contribution in [3.05, 3.63) is 24.0 Å². The number of hydrogen-bond acceptors (Lipinski definition) is 4. The van der Waals surface area contributed by atoms with Gasteiger partial charge in [-0.2, -0.15) is 0 Å². The molecule has 1 rings (SSSR count). The highest BCUT2D eigenvalue weighted by Crippen LogP contribution is 2.18. The Morgan fingerprint density at radius 2 is 2.11 bits per heavy atom. The molecule has 0 radical (unpaired) electrons. The second-order valence-corrected chi connectivity index (χ2v) is 5.28. The van der Waals surface area contributed by atoms with Gasteiger partial charge in [-0.15, -0.1) is 0 Å². The Bertz CT molecular complexity index is 356. The number of aromatic nitrogens is 1. The minimum absolute atomic E-state index is 0.253. The van der Waals surface area contributed by atoms with Gasteiger partial charge in [-0.05, 0) is 46.9 Å². The van der Waals surface area contributed by atoms with Gasteiger partial charge in [0.2, 0.25) is 0 Å². The average molecular weight is 251 g/mol. The van der Waals surface area contributed by atoms with Gasteiger partial charge in [0.1, 0.15) is 0 Å². The van der Waals surface area contributed by atoms with Crippen molar-refractivity contribution < 1.29 is 5.11 Å². The van der Waals surface area contributed by atoms with E-state index < -0.39 is 5.60 Å². The van der Waals surface area contributed by atoms with Crippen LogP contribution in [0, 0.1) is 0 Å². The van der Waals surface area contributed by atoms with Crippen LogP contribution in [0.5, 0.6) is 0 Å². The van der Waals surface area contributed by atoms with Gasteiger partial charge in [-0.25, -0.2) is 0 Å². The number of nitrogens with zero attached hydrogens (tertiary/aromatic N) is 2. The van der Waals surface area contributed by atoms with E-state index in [1.807, 2.05) is 33.2 Å². The van der Waals surface area contributed by atoms with Crippen LogP contribution >= 0.6 is 0 Å². The fraction of sp³-hybridized carbons (Fsp3) is 0.643. The summed E-state index contributed by atoms with van der Waals surface area (Å²) in [6.45, 7) is 9.26. The molecule has 0 saturated carbocycles. The van der Waals surface area contributed by atoms with Gasteiger partial charge >= 0.3 is 0 Å². The van der Waals surface area contributed by atoms with Gasteiger partial charge in [-0.3, -0.25) is 4.98 Å². The summed E-state index contributed by atoms with van der Waals surface area (Å²) in [5, 5.41) is 13.1. The first kappa shape index (κ1) is 14.9. The summed E-state index contributed by atoms with van der Waals surface area (Å²) in [4.78, 5) is 6.59. The molecule has 102 valence electrons. The molecule has 0 aliphatic carbocycles. The number of anilines is 1. The van der Waals surface area contributed by atoms with Crippen LogP contribution in [0.4, 0.5) is 5.69 Å². The van der Waals surface area contributed by atoms with E-state index in [2.05, 4.69) is 35.1 Å². The molecule has 0 aliphatic heterocycles. The molecule has 4 nitrogen and oxygen atoms in total. The minimum Gasteiger partial charge on any atom is -0.389 e. The second-order valence-electron chi connectivity index (χ2n) is 5.28. The van der Waals surface area contributed by atoms with E-state index in [1.54, 1.807) is 0 Å². The van der Waals surface area contributed by atoms with Gasteiger partial charge < -0.3 is 15.3 Å². The molecule has 0 aliphatic rings. The minimum atomic E-state index is -0.701. The lowest BCUT2D eigenvalue weighted by atomic mass is 10.1. The Morgan fingerprint density at radius 1 is 1.44 bits per heavy atom. The Morgan fingerprint density at radius 3 is 2.50 bits per heavy atom. The van der Waals surface area contributed by atoms with Gasteiger partial charge in [0.05, 0.1) is 23.2 Å². The van der Waals surface area contributed by atoms with Gasteiger partial charge in [0, 0.05) is 19.1 Å². The molecule has 2 N–H and O–H groups in total. The van der Waals surface area contributed by atoms with Crippen molar-refractivity contribution in [1.29, 1.82) is 0 Å². The fourth-order valence-corrected chi connectivity index (χ4v) is 1.84. The Labute approximate surface area is 110 Å². The zero-order chi connectivity index (χ0) is 13.8. The first-order chi connectivity index (χ1) is 8.37. The zero-order valence-electron chi connectivity index (χ0n) is 12.1. The largest absolute Gasteiger partial charge is 0.389 e.